The molecule has 0 radical (unpaired) electrons. The number of hydrogen-bond donors (Lipinski definition) is 1. The lowest BCUT2D eigenvalue weighted by Crippen LogP contribution is -2.44. The van der Waals surface area contributed by atoms with Gasteiger partial charge in [-0.2, -0.15) is 0 Å². The molecule has 1 N–H and O–H groups in total. The van der Waals surface area contributed by atoms with Gasteiger partial charge in [0.2, 0.25) is 0 Å². The number of methoxy groups -OCH3 is 1. The number of hydrogen-bond acceptors (Lipinski definition) is 7. The van der Waals surface area contributed by atoms with E-state index in [1.54, 1.807) is 12.1 Å². The van der Waals surface area contributed by atoms with Crippen molar-refractivity contribution in [2.75, 3.05) is 20.3 Å². The van der Waals surface area contributed by atoms with Gasteiger partial charge in [-0.15, -0.1) is 0 Å². The van der Waals surface area contributed by atoms with Gasteiger partial charge in [0.1, 0.15) is 12.6 Å². The van der Waals surface area contributed by atoms with Crippen molar-refractivity contribution in [2.45, 2.75) is 13.0 Å². The number of esters is 2. The Labute approximate surface area is 142 Å². The summed E-state index contributed by atoms with van der Waals surface area (Å²) >= 11 is 0. The molecule has 0 unspecified atom stereocenters. The van der Waals surface area contributed by atoms with Crippen molar-refractivity contribution in [1.29, 1.82) is 0 Å². The van der Waals surface area contributed by atoms with Gasteiger partial charge in [0.15, 0.2) is 6.61 Å². The molecule has 0 saturated carbocycles. The molecule has 0 aromatic heterocycles. The van der Waals surface area contributed by atoms with Crippen LogP contribution in [0.15, 0.2) is 24.3 Å². The van der Waals surface area contributed by atoms with E-state index in [1.165, 1.54) is 19.1 Å². The summed E-state index contributed by atoms with van der Waals surface area (Å²) in [6.45, 7) is 0.320. The Hall–Kier alpha value is -3.23. The Balaban J connectivity index is 1.93. The van der Waals surface area contributed by atoms with Gasteiger partial charge < -0.3 is 14.8 Å². The van der Waals surface area contributed by atoms with Gasteiger partial charge >= 0.3 is 11.9 Å². The highest BCUT2D eigenvalue weighted by Crippen LogP contribution is 2.24. The third-order valence-electron chi connectivity index (χ3n) is 3.56. The van der Waals surface area contributed by atoms with Crippen molar-refractivity contribution in [1.82, 2.24) is 10.2 Å². The van der Waals surface area contributed by atoms with Gasteiger partial charge in [-0.05, 0) is 19.1 Å². The number of nitrogens with zero attached hydrogens (tertiary/aromatic N) is 1. The molecular formula is C16H16N2O7. The highest BCUT2D eigenvalue weighted by atomic mass is 16.5. The molecule has 1 heterocycles. The van der Waals surface area contributed by atoms with Crippen molar-refractivity contribution in [3.05, 3.63) is 35.4 Å². The average molecular weight is 348 g/mol. The molecule has 1 aromatic rings. The molecule has 1 aliphatic heterocycles. The Morgan fingerprint density at radius 2 is 1.68 bits per heavy atom. The minimum absolute atomic E-state index is 0.211. The first-order valence-corrected chi connectivity index (χ1v) is 7.34. The van der Waals surface area contributed by atoms with Crippen LogP contribution in [0.4, 0.5) is 0 Å². The Morgan fingerprint density at radius 1 is 1.12 bits per heavy atom. The number of benzene rings is 1. The van der Waals surface area contributed by atoms with Crippen LogP contribution in [0.5, 0.6) is 0 Å². The summed E-state index contributed by atoms with van der Waals surface area (Å²) in [4.78, 5) is 59.7. The molecular weight excluding hydrogens is 332 g/mol. The second-order valence-corrected chi connectivity index (χ2v) is 5.16. The van der Waals surface area contributed by atoms with E-state index in [4.69, 9.17) is 4.74 Å². The Morgan fingerprint density at radius 3 is 2.20 bits per heavy atom. The first kappa shape index (κ1) is 18.1. The minimum atomic E-state index is -1.19. The standard InChI is InChI=1S/C16H16N2O7/c1-9(16(23)25-8-12(19)17-7-13(20)24-2)18-14(21)10-5-3-4-6-11(10)15(18)22/h3-6,9H,7-8H2,1-2H3,(H,17,19)/t9-/m0/s1. The lowest BCUT2D eigenvalue weighted by atomic mass is 10.1. The van der Waals surface area contributed by atoms with Gasteiger partial charge in [-0.3, -0.25) is 24.1 Å². The van der Waals surface area contributed by atoms with Crippen molar-refractivity contribution >= 4 is 29.7 Å². The molecule has 25 heavy (non-hydrogen) atoms. The average Bonchev–Trinajstić information content (AvgIpc) is 2.88. The molecule has 0 fully saturated rings. The molecule has 0 bridgehead atoms. The fraction of sp³-hybridized carbons (Fsp3) is 0.312. The monoisotopic (exact) mass is 348 g/mol. The van der Waals surface area contributed by atoms with E-state index >= 15 is 0 Å². The normalized spacial score (nSPS) is 13.9. The first-order chi connectivity index (χ1) is 11.9. The third kappa shape index (κ3) is 3.82. The zero-order valence-corrected chi connectivity index (χ0v) is 13.6. The van der Waals surface area contributed by atoms with Crippen LogP contribution >= 0.6 is 0 Å². The largest absolute Gasteiger partial charge is 0.468 e. The maximum Gasteiger partial charge on any atom is 0.329 e. The van der Waals surface area contributed by atoms with Gasteiger partial charge in [0, 0.05) is 0 Å². The molecule has 1 aromatic carbocycles. The third-order valence-corrected chi connectivity index (χ3v) is 3.56. The van der Waals surface area contributed by atoms with Gasteiger partial charge in [-0.25, -0.2) is 4.79 Å². The first-order valence-electron chi connectivity index (χ1n) is 7.34. The highest BCUT2D eigenvalue weighted by molar-refractivity contribution is 6.22. The maximum absolute atomic E-state index is 12.3. The SMILES string of the molecule is COC(=O)CNC(=O)COC(=O)[C@H](C)N1C(=O)c2ccccc2C1=O. The Kier molecular flexibility index (Phi) is 5.48. The molecule has 9 nitrogen and oxygen atoms in total. The fourth-order valence-corrected chi connectivity index (χ4v) is 2.22. The van der Waals surface area contributed by atoms with Crippen molar-refractivity contribution < 1.29 is 33.4 Å². The molecule has 9 heteroatoms. The van der Waals surface area contributed by atoms with E-state index in [2.05, 4.69) is 10.1 Å². The minimum Gasteiger partial charge on any atom is -0.468 e. The summed E-state index contributed by atoms with van der Waals surface area (Å²) < 4.78 is 9.13. The zero-order chi connectivity index (χ0) is 18.6. The van der Waals surface area contributed by atoms with E-state index in [1.807, 2.05) is 0 Å². The van der Waals surface area contributed by atoms with Crippen LogP contribution < -0.4 is 5.32 Å². The van der Waals surface area contributed by atoms with Crippen LogP contribution in [0.1, 0.15) is 27.6 Å². The molecule has 0 saturated heterocycles. The molecule has 0 spiro atoms. The van der Waals surface area contributed by atoms with Crippen LogP contribution in [0.2, 0.25) is 0 Å². The second kappa shape index (κ2) is 7.56. The number of fused-ring (bicyclic) bond motifs is 1. The zero-order valence-electron chi connectivity index (χ0n) is 13.6. The fourth-order valence-electron chi connectivity index (χ4n) is 2.22. The molecule has 1 aliphatic rings. The van der Waals surface area contributed by atoms with Crippen molar-refractivity contribution in [3.8, 4) is 0 Å². The molecule has 132 valence electrons. The summed E-state index contributed by atoms with van der Waals surface area (Å²) in [5.74, 6) is -3.48. The number of carbonyl (C=O) groups excluding carboxylic acids is 5. The predicted octanol–water partition coefficient (Wildman–Crippen LogP) is -0.496. The summed E-state index contributed by atoms with van der Waals surface area (Å²) in [6, 6.07) is 5.02. The number of nitrogens with one attached hydrogen (secondary N) is 1. The summed E-state index contributed by atoms with van der Waals surface area (Å²) in [7, 11) is 1.16. The van der Waals surface area contributed by atoms with Crippen LogP contribution in [0, 0.1) is 0 Å². The second-order valence-electron chi connectivity index (χ2n) is 5.16. The predicted molar refractivity (Wildman–Crippen MR) is 82.4 cm³/mol. The highest BCUT2D eigenvalue weighted by Gasteiger charge is 2.41. The number of carbonyl (C=O) groups is 5. The number of amides is 3. The molecule has 0 aliphatic carbocycles. The molecule has 2 rings (SSSR count). The van der Waals surface area contributed by atoms with E-state index < -0.39 is 42.3 Å². The van der Waals surface area contributed by atoms with Gasteiger partial charge in [0.05, 0.1) is 18.2 Å². The van der Waals surface area contributed by atoms with E-state index in [-0.39, 0.29) is 17.7 Å². The van der Waals surface area contributed by atoms with Crippen molar-refractivity contribution in [2.24, 2.45) is 0 Å². The van der Waals surface area contributed by atoms with Gasteiger partial charge in [-0.1, -0.05) is 12.1 Å². The number of imide groups is 1. The lowest BCUT2D eigenvalue weighted by molar-refractivity contribution is -0.152. The van der Waals surface area contributed by atoms with E-state index in [0.29, 0.717) is 0 Å². The van der Waals surface area contributed by atoms with Gasteiger partial charge in [0.25, 0.3) is 17.7 Å². The van der Waals surface area contributed by atoms with Crippen LogP contribution in [0.25, 0.3) is 0 Å². The van der Waals surface area contributed by atoms with Crippen LogP contribution in [0.3, 0.4) is 0 Å². The summed E-state index contributed by atoms with van der Waals surface area (Å²) in [5.41, 5.74) is 0.422. The van der Waals surface area contributed by atoms with Crippen LogP contribution in [-0.2, 0) is 23.9 Å². The summed E-state index contributed by atoms with van der Waals surface area (Å²) in [5, 5.41) is 2.19. The smallest absolute Gasteiger partial charge is 0.329 e. The topological polar surface area (TPSA) is 119 Å². The van der Waals surface area contributed by atoms with E-state index in [9.17, 15) is 24.0 Å². The van der Waals surface area contributed by atoms with Crippen molar-refractivity contribution in [3.63, 3.8) is 0 Å². The number of rotatable bonds is 6. The lowest BCUT2D eigenvalue weighted by Gasteiger charge is -2.20. The number of ether oxygens (including phenoxy) is 2. The Bertz CT molecular complexity index is 709. The molecule has 3 amide bonds. The molecule has 1 atom stereocenters. The van der Waals surface area contributed by atoms with E-state index in [0.717, 1.165) is 12.0 Å². The summed E-state index contributed by atoms with van der Waals surface area (Å²) in [6.07, 6.45) is 0. The quantitative estimate of drug-likeness (QED) is 0.544. The maximum atomic E-state index is 12.3. The van der Waals surface area contributed by atoms with Crippen LogP contribution in [-0.4, -0.2) is 60.9 Å².